The van der Waals surface area contributed by atoms with Crippen LogP contribution in [0.5, 0.6) is 11.6 Å². The van der Waals surface area contributed by atoms with Gasteiger partial charge in [0, 0.05) is 18.8 Å². The van der Waals surface area contributed by atoms with E-state index in [1.165, 1.54) is 18.2 Å². The SMILES string of the molecule is CCc1c(C(=O)N(C)CC(=O)Nc2ccc(OC)cc2)cnn1-c1ccc(OC)nn1. The molecule has 1 aromatic carbocycles. The van der Waals surface area contributed by atoms with Crippen molar-refractivity contribution in [3.05, 3.63) is 53.9 Å². The summed E-state index contributed by atoms with van der Waals surface area (Å²) in [6.45, 7) is 1.80. The van der Waals surface area contributed by atoms with Gasteiger partial charge in [-0.3, -0.25) is 9.59 Å². The van der Waals surface area contributed by atoms with Gasteiger partial charge in [0.15, 0.2) is 5.82 Å². The minimum atomic E-state index is -0.313. The first-order valence-corrected chi connectivity index (χ1v) is 9.61. The highest BCUT2D eigenvalue weighted by Gasteiger charge is 2.22. The van der Waals surface area contributed by atoms with Gasteiger partial charge in [-0.2, -0.15) is 5.10 Å². The number of methoxy groups -OCH3 is 2. The normalized spacial score (nSPS) is 10.5. The number of amides is 2. The number of nitrogens with zero attached hydrogens (tertiary/aromatic N) is 5. The third-order valence-electron chi connectivity index (χ3n) is 4.59. The predicted molar refractivity (Wildman–Crippen MR) is 114 cm³/mol. The van der Waals surface area contributed by atoms with Gasteiger partial charge in [-0.05, 0) is 36.8 Å². The molecular formula is C21H24N6O4. The quantitative estimate of drug-likeness (QED) is 0.588. The third kappa shape index (κ3) is 4.97. The zero-order valence-electron chi connectivity index (χ0n) is 17.8. The number of ether oxygens (including phenoxy) is 2. The van der Waals surface area contributed by atoms with E-state index in [9.17, 15) is 9.59 Å². The maximum absolute atomic E-state index is 13.0. The minimum absolute atomic E-state index is 0.110. The van der Waals surface area contributed by atoms with E-state index in [0.29, 0.717) is 40.8 Å². The first-order valence-electron chi connectivity index (χ1n) is 9.61. The van der Waals surface area contributed by atoms with Gasteiger partial charge in [0.05, 0.1) is 38.2 Å². The number of rotatable bonds is 8. The summed E-state index contributed by atoms with van der Waals surface area (Å²) >= 11 is 0. The molecule has 0 saturated carbocycles. The zero-order chi connectivity index (χ0) is 22.4. The van der Waals surface area contributed by atoms with Gasteiger partial charge in [-0.1, -0.05) is 6.92 Å². The summed E-state index contributed by atoms with van der Waals surface area (Å²) in [5, 5.41) is 15.1. The lowest BCUT2D eigenvalue weighted by Gasteiger charge is -2.17. The number of likely N-dealkylation sites (N-methyl/N-ethyl adjacent to an activating group) is 1. The molecule has 162 valence electrons. The Balaban J connectivity index is 1.70. The molecule has 3 aromatic rings. The first-order chi connectivity index (χ1) is 15.0. The van der Waals surface area contributed by atoms with Crippen LogP contribution in [0.25, 0.3) is 5.82 Å². The molecule has 0 atom stereocenters. The fourth-order valence-corrected chi connectivity index (χ4v) is 2.99. The van der Waals surface area contributed by atoms with E-state index >= 15 is 0 Å². The van der Waals surface area contributed by atoms with E-state index in [4.69, 9.17) is 9.47 Å². The molecule has 0 bridgehead atoms. The van der Waals surface area contributed by atoms with E-state index in [-0.39, 0.29) is 18.4 Å². The second kappa shape index (κ2) is 9.70. The molecule has 10 heteroatoms. The summed E-state index contributed by atoms with van der Waals surface area (Å²) in [6, 6.07) is 10.3. The summed E-state index contributed by atoms with van der Waals surface area (Å²) in [7, 11) is 4.65. The number of anilines is 1. The minimum Gasteiger partial charge on any atom is -0.497 e. The Morgan fingerprint density at radius 1 is 1.06 bits per heavy atom. The van der Waals surface area contributed by atoms with Gasteiger partial charge in [-0.15, -0.1) is 10.2 Å². The van der Waals surface area contributed by atoms with E-state index in [2.05, 4.69) is 20.6 Å². The lowest BCUT2D eigenvalue weighted by Crippen LogP contribution is -2.35. The smallest absolute Gasteiger partial charge is 0.257 e. The van der Waals surface area contributed by atoms with Crippen LogP contribution in [-0.4, -0.2) is 64.5 Å². The molecule has 1 N–H and O–H groups in total. The number of hydrogen-bond donors (Lipinski definition) is 1. The van der Waals surface area contributed by atoms with Crippen LogP contribution in [0.3, 0.4) is 0 Å². The summed E-state index contributed by atoms with van der Waals surface area (Å²) in [5.41, 5.74) is 1.69. The Labute approximate surface area is 179 Å². The molecule has 0 radical (unpaired) electrons. The van der Waals surface area contributed by atoms with Crippen molar-refractivity contribution in [2.45, 2.75) is 13.3 Å². The van der Waals surface area contributed by atoms with Crippen molar-refractivity contribution < 1.29 is 19.1 Å². The Kier molecular flexibility index (Phi) is 6.81. The molecule has 0 fully saturated rings. The maximum Gasteiger partial charge on any atom is 0.257 e. The molecule has 3 rings (SSSR count). The van der Waals surface area contributed by atoms with Crippen molar-refractivity contribution in [3.63, 3.8) is 0 Å². The molecule has 31 heavy (non-hydrogen) atoms. The van der Waals surface area contributed by atoms with Gasteiger partial charge in [0.2, 0.25) is 11.8 Å². The molecular weight excluding hydrogens is 400 g/mol. The highest BCUT2D eigenvalue weighted by Crippen LogP contribution is 2.18. The molecule has 10 nitrogen and oxygen atoms in total. The van der Waals surface area contributed by atoms with Crippen molar-refractivity contribution >= 4 is 17.5 Å². The lowest BCUT2D eigenvalue weighted by atomic mass is 10.2. The Morgan fingerprint density at radius 3 is 2.39 bits per heavy atom. The highest BCUT2D eigenvalue weighted by atomic mass is 16.5. The molecule has 0 saturated heterocycles. The van der Waals surface area contributed by atoms with Gasteiger partial charge in [0.1, 0.15) is 5.75 Å². The van der Waals surface area contributed by atoms with Crippen LogP contribution in [-0.2, 0) is 11.2 Å². The summed E-state index contributed by atoms with van der Waals surface area (Å²) in [5.74, 6) is 0.919. The molecule has 0 aliphatic carbocycles. The van der Waals surface area contributed by atoms with Gasteiger partial charge < -0.3 is 19.7 Å². The van der Waals surface area contributed by atoms with Crippen LogP contribution in [0.4, 0.5) is 5.69 Å². The van der Waals surface area contributed by atoms with Gasteiger partial charge in [-0.25, -0.2) is 4.68 Å². The van der Waals surface area contributed by atoms with Crippen molar-refractivity contribution in [2.24, 2.45) is 0 Å². The monoisotopic (exact) mass is 424 g/mol. The van der Waals surface area contributed by atoms with Crippen molar-refractivity contribution in [1.82, 2.24) is 24.9 Å². The Bertz CT molecular complexity index is 1050. The molecule has 0 spiro atoms. The zero-order valence-corrected chi connectivity index (χ0v) is 17.8. The second-order valence-corrected chi connectivity index (χ2v) is 6.64. The largest absolute Gasteiger partial charge is 0.497 e. The predicted octanol–water partition coefficient (Wildman–Crippen LogP) is 1.95. The van der Waals surface area contributed by atoms with Crippen LogP contribution in [0.1, 0.15) is 23.0 Å². The van der Waals surface area contributed by atoms with Crippen LogP contribution in [0.15, 0.2) is 42.6 Å². The van der Waals surface area contributed by atoms with Gasteiger partial charge in [0.25, 0.3) is 5.91 Å². The molecule has 2 amide bonds. The third-order valence-corrected chi connectivity index (χ3v) is 4.59. The number of hydrogen-bond acceptors (Lipinski definition) is 7. The number of benzene rings is 1. The Hall–Kier alpha value is -3.95. The fourth-order valence-electron chi connectivity index (χ4n) is 2.99. The van der Waals surface area contributed by atoms with Crippen molar-refractivity contribution in [1.29, 1.82) is 0 Å². The van der Waals surface area contributed by atoms with Crippen LogP contribution < -0.4 is 14.8 Å². The van der Waals surface area contributed by atoms with Crippen molar-refractivity contribution in [3.8, 4) is 17.4 Å². The first kappa shape index (κ1) is 21.8. The van der Waals surface area contributed by atoms with Crippen LogP contribution in [0.2, 0.25) is 0 Å². The van der Waals surface area contributed by atoms with Crippen molar-refractivity contribution in [2.75, 3.05) is 33.1 Å². The average molecular weight is 424 g/mol. The Morgan fingerprint density at radius 2 is 1.81 bits per heavy atom. The van der Waals surface area contributed by atoms with E-state index in [1.54, 1.807) is 55.2 Å². The lowest BCUT2D eigenvalue weighted by molar-refractivity contribution is -0.116. The molecule has 0 aliphatic rings. The summed E-state index contributed by atoms with van der Waals surface area (Å²) in [4.78, 5) is 26.7. The average Bonchev–Trinajstić information content (AvgIpc) is 3.23. The maximum atomic E-state index is 13.0. The van der Waals surface area contributed by atoms with Crippen LogP contribution in [0, 0.1) is 0 Å². The molecule has 0 aliphatic heterocycles. The molecule has 2 aromatic heterocycles. The standard InChI is InChI=1S/C21H24N6O4/c1-5-17-16(12-22-27(17)18-10-11-20(31-4)25-24-18)21(29)26(2)13-19(28)23-14-6-8-15(30-3)9-7-14/h6-12H,5,13H2,1-4H3,(H,23,28). The number of aromatic nitrogens is 4. The van der Waals surface area contributed by atoms with E-state index < -0.39 is 0 Å². The summed E-state index contributed by atoms with van der Waals surface area (Å²) in [6.07, 6.45) is 2.02. The summed E-state index contributed by atoms with van der Waals surface area (Å²) < 4.78 is 11.7. The topological polar surface area (TPSA) is 111 Å². The highest BCUT2D eigenvalue weighted by molar-refractivity contribution is 5.99. The number of carbonyl (C=O) groups is 2. The second-order valence-electron chi connectivity index (χ2n) is 6.64. The fraction of sp³-hybridized carbons (Fsp3) is 0.286. The van der Waals surface area contributed by atoms with E-state index in [0.717, 1.165) is 0 Å². The molecule has 2 heterocycles. The van der Waals surface area contributed by atoms with E-state index in [1.807, 2.05) is 6.92 Å². The van der Waals surface area contributed by atoms with Crippen LogP contribution >= 0.6 is 0 Å². The van der Waals surface area contributed by atoms with Gasteiger partial charge >= 0.3 is 0 Å². The molecule has 0 unspecified atom stereocenters. The number of carbonyl (C=O) groups excluding carboxylic acids is 2. The number of nitrogens with one attached hydrogen (secondary N) is 1.